The summed E-state index contributed by atoms with van der Waals surface area (Å²) in [6.07, 6.45) is 1.25. The lowest BCUT2D eigenvalue weighted by molar-refractivity contribution is -0.147. The number of hydrogen-bond donors (Lipinski definition) is 0. The summed E-state index contributed by atoms with van der Waals surface area (Å²) in [5.74, 6) is -1.06. The third-order valence-electron chi connectivity index (χ3n) is 1.61. The van der Waals surface area contributed by atoms with Gasteiger partial charge in [-0.15, -0.1) is 0 Å². The minimum absolute atomic E-state index is 0.140. The van der Waals surface area contributed by atoms with Gasteiger partial charge >= 0.3 is 5.97 Å². The van der Waals surface area contributed by atoms with Gasteiger partial charge < -0.3 is 9.29 Å². The Bertz CT molecular complexity index is 181. The summed E-state index contributed by atoms with van der Waals surface area (Å²) in [6.45, 7) is 4.02. The molecule has 0 fully saturated rings. The first-order valence-electron chi connectivity index (χ1n) is 4.34. The van der Waals surface area contributed by atoms with Gasteiger partial charge in [-0.25, -0.2) is 0 Å². The predicted octanol–water partition coefficient (Wildman–Crippen LogP) is 0.845. The molecule has 5 heteroatoms. The number of hydrogen-bond acceptors (Lipinski definition) is 4. The molecule has 0 N–H and O–H groups in total. The van der Waals surface area contributed by atoms with E-state index in [9.17, 15) is 13.6 Å². The molecule has 0 heterocycles. The van der Waals surface area contributed by atoms with E-state index in [4.69, 9.17) is 4.74 Å². The molecule has 0 aromatic heterocycles. The first-order valence-corrected chi connectivity index (χ1v) is 5.58. The van der Waals surface area contributed by atoms with Gasteiger partial charge in [-0.2, -0.15) is 0 Å². The van der Waals surface area contributed by atoms with Crippen LogP contribution in [-0.4, -0.2) is 27.1 Å². The lowest BCUT2D eigenvalue weighted by atomic mass is 10.1. The van der Waals surface area contributed by atoms with E-state index in [-0.39, 0.29) is 5.75 Å². The molecule has 0 rings (SSSR count). The molecule has 0 saturated heterocycles. The smallest absolute Gasteiger partial charge is 0.309 e. The fourth-order valence-corrected chi connectivity index (χ4v) is 1.54. The van der Waals surface area contributed by atoms with E-state index >= 15 is 0 Å². The van der Waals surface area contributed by atoms with Crippen LogP contribution in [0.3, 0.4) is 0 Å². The lowest BCUT2D eigenvalue weighted by Crippen LogP contribution is -2.23. The minimum atomic E-state index is -2.17. The van der Waals surface area contributed by atoms with Crippen LogP contribution in [0.2, 0.25) is 0 Å². The number of rotatable bonds is 6. The highest BCUT2D eigenvalue weighted by Crippen LogP contribution is 2.06. The molecule has 0 bridgehead atoms. The van der Waals surface area contributed by atoms with Crippen molar-refractivity contribution < 1.29 is 18.3 Å². The monoisotopic (exact) mass is 207 g/mol. The highest BCUT2D eigenvalue weighted by atomic mass is 32.2. The largest absolute Gasteiger partial charge is 0.772 e. The quantitative estimate of drug-likeness (QED) is 0.478. The molecule has 2 unspecified atom stereocenters. The molecule has 0 aliphatic rings. The zero-order valence-electron chi connectivity index (χ0n) is 7.95. The molecule has 0 spiro atoms. The normalized spacial score (nSPS) is 15.0. The van der Waals surface area contributed by atoms with Gasteiger partial charge in [0, 0.05) is 5.75 Å². The van der Waals surface area contributed by atoms with Gasteiger partial charge in [0.05, 0.1) is 12.5 Å². The van der Waals surface area contributed by atoms with Crippen molar-refractivity contribution >= 4 is 17.0 Å². The van der Waals surface area contributed by atoms with E-state index in [0.29, 0.717) is 13.0 Å². The molecule has 0 aliphatic heterocycles. The molecular weight excluding hydrogens is 192 g/mol. The first kappa shape index (κ1) is 12.6. The maximum atomic E-state index is 11.2. The van der Waals surface area contributed by atoms with Crippen molar-refractivity contribution in [3.05, 3.63) is 0 Å². The molecule has 0 aromatic carbocycles. The third-order valence-corrected chi connectivity index (χ3v) is 2.29. The molecule has 0 radical (unpaired) electrons. The molecule has 0 amide bonds. The lowest BCUT2D eigenvalue weighted by Gasteiger charge is -2.14. The highest BCUT2D eigenvalue weighted by molar-refractivity contribution is 7.79. The van der Waals surface area contributed by atoms with Crippen molar-refractivity contribution in [2.45, 2.75) is 26.7 Å². The summed E-state index contributed by atoms with van der Waals surface area (Å²) in [7, 11) is 0. The highest BCUT2D eigenvalue weighted by Gasteiger charge is 2.17. The first-order chi connectivity index (χ1) is 6.11. The summed E-state index contributed by atoms with van der Waals surface area (Å²) in [4.78, 5) is 11.2. The van der Waals surface area contributed by atoms with Crippen molar-refractivity contribution in [1.29, 1.82) is 0 Å². The molecular formula is C8H15O4S-. The van der Waals surface area contributed by atoms with Crippen LogP contribution in [0.1, 0.15) is 26.7 Å². The Kier molecular flexibility index (Phi) is 6.80. The van der Waals surface area contributed by atoms with Crippen molar-refractivity contribution in [3.63, 3.8) is 0 Å². The number of carbonyl (C=O) groups excluding carboxylic acids is 1. The molecule has 0 aliphatic carbocycles. The average molecular weight is 207 g/mol. The third kappa shape index (κ3) is 5.76. The van der Waals surface area contributed by atoms with Gasteiger partial charge in [-0.05, 0) is 12.8 Å². The van der Waals surface area contributed by atoms with Crippen LogP contribution in [-0.2, 0) is 20.6 Å². The van der Waals surface area contributed by atoms with Gasteiger partial charge in [-0.3, -0.25) is 9.00 Å². The summed E-state index contributed by atoms with van der Waals surface area (Å²) in [6, 6.07) is 0. The Morgan fingerprint density at radius 2 is 2.15 bits per heavy atom. The standard InChI is InChI=1S/C8H16O4S/c1-3-5-12-8(9)7(4-2)6-13(10)11/h7H,3-6H2,1-2H3,(H,10,11)/p-1. The number of esters is 1. The maximum Gasteiger partial charge on any atom is 0.309 e. The predicted molar refractivity (Wildman–Crippen MR) is 48.8 cm³/mol. The number of ether oxygens (including phenoxy) is 1. The summed E-state index contributed by atoms with van der Waals surface area (Å²) in [5.41, 5.74) is 0. The zero-order valence-corrected chi connectivity index (χ0v) is 8.76. The van der Waals surface area contributed by atoms with Crippen molar-refractivity contribution in [1.82, 2.24) is 0 Å². The zero-order chi connectivity index (χ0) is 10.3. The average Bonchev–Trinajstić information content (AvgIpc) is 2.09. The molecule has 0 aromatic rings. The Balaban J connectivity index is 3.92. The fourth-order valence-electron chi connectivity index (χ4n) is 0.837. The Hall–Kier alpha value is -0.420. The van der Waals surface area contributed by atoms with Crippen molar-refractivity contribution in [2.24, 2.45) is 5.92 Å². The van der Waals surface area contributed by atoms with Crippen LogP contribution >= 0.6 is 0 Å². The minimum Gasteiger partial charge on any atom is -0.772 e. The molecule has 78 valence electrons. The van der Waals surface area contributed by atoms with Crippen LogP contribution < -0.4 is 0 Å². The second kappa shape index (κ2) is 7.03. The molecule has 2 atom stereocenters. The Morgan fingerprint density at radius 3 is 2.54 bits per heavy atom. The maximum absolute atomic E-state index is 11.2. The van der Waals surface area contributed by atoms with Crippen LogP contribution in [0.5, 0.6) is 0 Å². The van der Waals surface area contributed by atoms with Gasteiger partial charge in [0.25, 0.3) is 0 Å². The van der Waals surface area contributed by atoms with E-state index in [0.717, 1.165) is 6.42 Å². The number of carbonyl (C=O) groups is 1. The van der Waals surface area contributed by atoms with Crippen LogP contribution in [0, 0.1) is 5.92 Å². The molecule has 4 nitrogen and oxygen atoms in total. The van der Waals surface area contributed by atoms with E-state index in [1.54, 1.807) is 6.92 Å². The van der Waals surface area contributed by atoms with Crippen LogP contribution in [0.25, 0.3) is 0 Å². The van der Waals surface area contributed by atoms with Gasteiger partial charge in [0.1, 0.15) is 0 Å². The molecule has 13 heavy (non-hydrogen) atoms. The Labute approximate surface area is 80.9 Å². The van der Waals surface area contributed by atoms with Gasteiger partial charge in [0.15, 0.2) is 0 Å². The Morgan fingerprint density at radius 1 is 1.54 bits per heavy atom. The van der Waals surface area contributed by atoms with E-state index in [1.165, 1.54) is 0 Å². The summed E-state index contributed by atoms with van der Waals surface area (Å²) in [5, 5.41) is 0. The van der Waals surface area contributed by atoms with E-state index in [1.807, 2.05) is 6.92 Å². The van der Waals surface area contributed by atoms with Gasteiger partial charge in [-0.1, -0.05) is 24.9 Å². The van der Waals surface area contributed by atoms with Crippen molar-refractivity contribution in [3.8, 4) is 0 Å². The van der Waals surface area contributed by atoms with Gasteiger partial charge in [0.2, 0.25) is 0 Å². The SMILES string of the molecule is CCCOC(=O)C(CC)CS(=O)[O-]. The fraction of sp³-hybridized carbons (Fsp3) is 0.875. The summed E-state index contributed by atoms with van der Waals surface area (Å²) < 4.78 is 25.5. The van der Waals surface area contributed by atoms with E-state index < -0.39 is 23.0 Å². The second-order valence-corrected chi connectivity index (χ2v) is 3.68. The van der Waals surface area contributed by atoms with Crippen molar-refractivity contribution in [2.75, 3.05) is 12.4 Å². The van der Waals surface area contributed by atoms with E-state index in [2.05, 4.69) is 0 Å². The van der Waals surface area contributed by atoms with Crippen LogP contribution in [0.15, 0.2) is 0 Å². The molecule has 0 saturated carbocycles. The topological polar surface area (TPSA) is 66.4 Å². The summed E-state index contributed by atoms with van der Waals surface area (Å²) >= 11 is -2.17. The van der Waals surface area contributed by atoms with Crippen LogP contribution in [0.4, 0.5) is 0 Å². The second-order valence-electron chi connectivity index (χ2n) is 2.74.